The van der Waals surface area contributed by atoms with Gasteiger partial charge in [-0.05, 0) is 25.9 Å². The van der Waals surface area contributed by atoms with Crippen molar-refractivity contribution in [3.05, 3.63) is 12.1 Å². The Hall–Kier alpha value is -2.48. The van der Waals surface area contributed by atoms with Crippen LogP contribution in [0.25, 0.3) is 0 Å². The van der Waals surface area contributed by atoms with Gasteiger partial charge in [0.25, 0.3) is 0 Å². The van der Waals surface area contributed by atoms with Crippen LogP contribution in [-0.2, 0) is 9.59 Å². The highest BCUT2D eigenvalue weighted by Gasteiger charge is 2.37. The van der Waals surface area contributed by atoms with Crippen molar-refractivity contribution in [3.63, 3.8) is 0 Å². The number of likely N-dealkylation sites (tertiary alicyclic amines) is 1. The fraction of sp³-hybridized carbons (Fsp3) is 0.619. The third-order valence-corrected chi connectivity index (χ3v) is 5.76. The normalized spacial score (nSPS) is 19.5. The number of hydrogen-bond acceptors (Lipinski definition) is 6. The molecule has 0 spiro atoms. The third kappa shape index (κ3) is 4.58. The number of benzene rings is 1. The minimum atomic E-state index is -0.342. The molecule has 0 aliphatic carbocycles. The first-order valence-corrected chi connectivity index (χ1v) is 10.1. The van der Waals surface area contributed by atoms with E-state index >= 15 is 0 Å². The Kier molecular flexibility index (Phi) is 6.84. The van der Waals surface area contributed by atoms with Gasteiger partial charge in [-0.15, -0.1) is 0 Å². The summed E-state index contributed by atoms with van der Waals surface area (Å²) in [4.78, 5) is 31.3. The van der Waals surface area contributed by atoms with Gasteiger partial charge in [0.05, 0.1) is 32.9 Å². The molecule has 0 radical (unpaired) electrons. The lowest BCUT2D eigenvalue weighted by molar-refractivity contribution is -0.134. The molecule has 8 heteroatoms. The Morgan fingerprint density at radius 1 is 1.10 bits per heavy atom. The zero-order chi connectivity index (χ0) is 21.0. The fourth-order valence-corrected chi connectivity index (χ4v) is 4.07. The summed E-state index contributed by atoms with van der Waals surface area (Å²) in [5, 5.41) is 0. The van der Waals surface area contributed by atoms with Gasteiger partial charge in [-0.1, -0.05) is 0 Å². The molecule has 2 amide bonds. The predicted octanol–water partition coefficient (Wildman–Crippen LogP) is 1.62. The first-order valence-electron chi connectivity index (χ1n) is 10.1. The van der Waals surface area contributed by atoms with Crippen molar-refractivity contribution in [2.24, 2.45) is 5.92 Å². The molecule has 1 aromatic carbocycles. The van der Waals surface area contributed by atoms with Crippen molar-refractivity contribution in [1.82, 2.24) is 9.80 Å². The van der Waals surface area contributed by atoms with Gasteiger partial charge in [-0.25, -0.2) is 0 Å². The lowest BCUT2D eigenvalue weighted by Crippen LogP contribution is -2.39. The van der Waals surface area contributed by atoms with Crippen LogP contribution in [0.1, 0.15) is 19.3 Å². The molecule has 0 bridgehead atoms. The van der Waals surface area contributed by atoms with Gasteiger partial charge in [-0.2, -0.15) is 0 Å². The van der Waals surface area contributed by atoms with E-state index < -0.39 is 0 Å². The summed E-state index contributed by atoms with van der Waals surface area (Å²) in [6, 6.07) is 3.48. The van der Waals surface area contributed by atoms with E-state index in [2.05, 4.69) is 4.90 Å². The molecule has 2 heterocycles. The summed E-state index contributed by atoms with van der Waals surface area (Å²) in [6.07, 6.45) is 2.68. The number of hydrogen-bond donors (Lipinski definition) is 0. The number of methoxy groups -OCH3 is 3. The quantitative estimate of drug-likeness (QED) is 0.655. The lowest BCUT2D eigenvalue weighted by atomic mass is 10.1. The molecule has 160 valence electrons. The average molecular weight is 405 g/mol. The summed E-state index contributed by atoms with van der Waals surface area (Å²) in [5.74, 6) is 1.03. The van der Waals surface area contributed by atoms with E-state index in [1.165, 1.54) is 34.2 Å². The highest BCUT2D eigenvalue weighted by molar-refractivity contribution is 6.00. The summed E-state index contributed by atoms with van der Waals surface area (Å²) >= 11 is 0. The highest BCUT2D eigenvalue weighted by Crippen LogP contribution is 2.42. The van der Waals surface area contributed by atoms with Gasteiger partial charge in [0.15, 0.2) is 11.5 Å². The first kappa shape index (κ1) is 21.2. The van der Waals surface area contributed by atoms with Gasteiger partial charge in [0.1, 0.15) is 0 Å². The molecule has 1 atom stereocenters. The monoisotopic (exact) mass is 405 g/mol. The van der Waals surface area contributed by atoms with E-state index in [9.17, 15) is 9.59 Å². The highest BCUT2D eigenvalue weighted by atomic mass is 16.5. The topological polar surface area (TPSA) is 71.6 Å². The second-order valence-corrected chi connectivity index (χ2v) is 7.60. The molecule has 2 aliphatic heterocycles. The summed E-state index contributed by atoms with van der Waals surface area (Å²) < 4.78 is 16.1. The van der Waals surface area contributed by atoms with Crippen molar-refractivity contribution >= 4 is 17.5 Å². The van der Waals surface area contributed by atoms with E-state index in [1.54, 1.807) is 21.9 Å². The molecule has 0 aromatic heterocycles. The third-order valence-electron chi connectivity index (χ3n) is 5.76. The van der Waals surface area contributed by atoms with Crippen molar-refractivity contribution in [1.29, 1.82) is 0 Å². The molecular formula is C21H31N3O5. The molecule has 2 saturated heterocycles. The molecule has 1 aromatic rings. The van der Waals surface area contributed by atoms with Crippen LogP contribution < -0.4 is 19.1 Å². The number of amides is 2. The summed E-state index contributed by atoms with van der Waals surface area (Å²) in [7, 11) is 6.43. The van der Waals surface area contributed by atoms with E-state index in [-0.39, 0.29) is 24.2 Å². The summed E-state index contributed by atoms with van der Waals surface area (Å²) in [5.41, 5.74) is 0.638. The van der Waals surface area contributed by atoms with Gasteiger partial charge in [0.2, 0.25) is 17.6 Å². The standard InChI is InChI=1S/C21H31N3O5/c1-22(9-10-23-7-5-6-8-23)21(26)15-11-19(25)24(14-15)16-12-17(27-2)20(29-4)18(13-16)28-3/h12-13,15H,5-11,14H2,1-4H3. The Balaban J connectivity index is 1.68. The van der Waals surface area contributed by atoms with Crippen LogP contribution in [-0.4, -0.2) is 82.7 Å². The van der Waals surface area contributed by atoms with Crippen LogP contribution in [0, 0.1) is 5.92 Å². The van der Waals surface area contributed by atoms with E-state index in [4.69, 9.17) is 14.2 Å². The first-order chi connectivity index (χ1) is 14.0. The number of rotatable bonds is 8. The molecule has 0 saturated carbocycles. The van der Waals surface area contributed by atoms with Crippen LogP contribution in [0.5, 0.6) is 17.2 Å². The lowest BCUT2D eigenvalue weighted by Gasteiger charge is -2.24. The number of likely N-dealkylation sites (N-methyl/N-ethyl adjacent to an activating group) is 1. The number of nitrogens with zero attached hydrogens (tertiary/aromatic N) is 3. The van der Waals surface area contributed by atoms with Crippen molar-refractivity contribution < 1.29 is 23.8 Å². The molecule has 29 heavy (non-hydrogen) atoms. The zero-order valence-electron chi connectivity index (χ0n) is 17.8. The molecule has 8 nitrogen and oxygen atoms in total. The minimum absolute atomic E-state index is 0.0208. The van der Waals surface area contributed by atoms with E-state index in [0.717, 1.165) is 19.6 Å². The van der Waals surface area contributed by atoms with Crippen molar-refractivity contribution in [2.45, 2.75) is 19.3 Å². The molecule has 2 fully saturated rings. The molecular weight excluding hydrogens is 374 g/mol. The SMILES string of the molecule is COc1cc(N2CC(C(=O)N(C)CCN3CCCC3)CC2=O)cc(OC)c1OC. The Labute approximate surface area is 172 Å². The van der Waals surface area contributed by atoms with Crippen LogP contribution in [0.4, 0.5) is 5.69 Å². The number of carbonyl (C=O) groups excluding carboxylic acids is 2. The van der Waals surface area contributed by atoms with E-state index in [1.807, 2.05) is 7.05 Å². The zero-order valence-corrected chi connectivity index (χ0v) is 17.8. The molecule has 2 aliphatic rings. The van der Waals surface area contributed by atoms with Gasteiger partial charge < -0.3 is 28.9 Å². The Bertz CT molecular complexity index is 723. The molecule has 3 rings (SSSR count). The van der Waals surface area contributed by atoms with Gasteiger partial charge >= 0.3 is 0 Å². The van der Waals surface area contributed by atoms with Crippen molar-refractivity contribution in [3.8, 4) is 17.2 Å². The maximum atomic E-state index is 12.9. The molecule has 0 N–H and O–H groups in total. The van der Waals surface area contributed by atoms with Crippen LogP contribution in [0.2, 0.25) is 0 Å². The van der Waals surface area contributed by atoms with Crippen LogP contribution >= 0.6 is 0 Å². The summed E-state index contributed by atoms with van der Waals surface area (Å²) in [6.45, 7) is 4.15. The second kappa shape index (κ2) is 9.35. The van der Waals surface area contributed by atoms with Crippen LogP contribution in [0.3, 0.4) is 0 Å². The van der Waals surface area contributed by atoms with Gasteiger partial charge in [0, 0.05) is 45.2 Å². The number of anilines is 1. The smallest absolute Gasteiger partial charge is 0.227 e. The molecule has 1 unspecified atom stereocenters. The fourth-order valence-electron chi connectivity index (χ4n) is 4.07. The Morgan fingerprint density at radius 3 is 2.28 bits per heavy atom. The predicted molar refractivity (Wildman–Crippen MR) is 110 cm³/mol. The number of carbonyl (C=O) groups is 2. The minimum Gasteiger partial charge on any atom is -0.493 e. The maximum absolute atomic E-state index is 12.9. The van der Waals surface area contributed by atoms with E-state index in [0.29, 0.717) is 36.0 Å². The maximum Gasteiger partial charge on any atom is 0.227 e. The number of ether oxygens (including phenoxy) is 3. The average Bonchev–Trinajstić information content (AvgIpc) is 3.39. The largest absolute Gasteiger partial charge is 0.493 e. The van der Waals surface area contributed by atoms with Gasteiger partial charge in [-0.3, -0.25) is 9.59 Å². The Morgan fingerprint density at radius 2 is 1.72 bits per heavy atom. The van der Waals surface area contributed by atoms with Crippen molar-refractivity contribution in [2.75, 3.05) is 66.0 Å². The van der Waals surface area contributed by atoms with Crippen LogP contribution in [0.15, 0.2) is 12.1 Å². The second-order valence-electron chi connectivity index (χ2n) is 7.60.